The number of rotatable bonds is 28. The average Bonchev–Trinajstić information content (AvgIpc) is 0.933. The molecule has 0 N–H and O–H groups in total. The van der Waals surface area contributed by atoms with Gasteiger partial charge < -0.3 is 81.7 Å². The molecule has 9 aromatic rings. The molecule has 5 aromatic carbocycles. The Bertz CT molecular complexity index is 4750. The number of ether oxygens (including phenoxy) is 7. The van der Waals surface area contributed by atoms with Gasteiger partial charge in [0.1, 0.15) is 28.3 Å². The summed E-state index contributed by atoms with van der Waals surface area (Å²) in [5.74, 6) is -0.561. The summed E-state index contributed by atoms with van der Waals surface area (Å²) in [5, 5.41) is 3.76. The van der Waals surface area contributed by atoms with Gasteiger partial charge in [-0.2, -0.15) is 0 Å². The maximum absolute atomic E-state index is 13.3. The standard InChI is InChI=1S/C29H35ClN4O5.C28H32ClFN4O4.C26H31ClN4O5/c1-5-38-29(36)25-26(23-19-21(30)9-12-24(23)31-27(25)39-18-6-13-32(2)3)33-14-16-34(17-15-33)28(35)20-7-10-22(37-4)11-8-20;1-4-37-28(36)24-25(33-13-15-34(16-14-33)27(35)19-6-9-21(30)10-7-19)22-18-20(29)8-11-23(22)31-26(24)38-17-5-12-32(2)3;1-4-34-26(33)22-23(30-11-13-31(14-12-30)25(32)21-7-5-15-35-21)19-17-18(27)8-9-20(19)28-24(22)36-16-6-10-29(2)3/h7-12,19H,5-6,13-18H2,1-4H3;6-11,18H,4-5,12-17H2,1-3H3;5,7-9,15,17H,4,6,10-14,16H2,1-3H3. The second-order valence-corrected chi connectivity index (χ2v) is 28.9. The molecule has 30 heteroatoms. The quantitative estimate of drug-likeness (QED) is 0.0251. The number of pyridine rings is 3. The number of amides is 3. The Balaban J connectivity index is 0.000000180. The first-order valence-corrected chi connectivity index (χ1v) is 38.9. The summed E-state index contributed by atoms with van der Waals surface area (Å²) in [6.45, 7) is 15.3. The minimum Gasteiger partial charge on any atom is -0.497 e. The SMILES string of the molecule is CCOC(=O)c1c(OCCCN(C)C)nc2ccc(Cl)cc2c1N1CCN(C(=O)c2ccc(F)cc2)CC1.CCOC(=O)c1c(OCCCN(C)C)nc2ccc(Cl)cc2c1N1CCN(C(=O)c2ccc(OC)cc2)CC1.CCOC(=O)c1c(OCCCN(C)C)nc2ccc(Cl)cc2c1N1CCN(C(=O)c2ccco2)CC1. The molecule has 0 radical (unpaired) electrons. The molecule has 0 atom stereocenters. The lowest BCUT2D eigenvalue weighted by Crippen LogP contribution is -2.49. The van der Waals surface area contributed by atoms with Crippen LogP contribution in [0, 0.1) is 5.82 Å². The van der Waals surface area contributed by atoms with E-state index in [2.05, 4.69) is 34.5 Å². The first-order chi connectivity index (χ1) is 54.5. The number of carbonyl (C=O) groups is 6. The highest BCUT2D eigenvalue weighted by molar-refractivity contribution is 6.32. The molecule has 0 saturated carbocycles. The van der Waals surface area contributed by atoms with Crippen LogP contribution >= 0.6 is 34.8 Å². The molecule has 0 bridgehead atoms. The van der Waals surface area contributed by atoms with Crippen molar-refractivity contribution in [3.63, 3.8) is 0 Å². The monoisotopic (exact) mass is 1610 g/mol. The number of methoxy groups -OCH3 is 1. The molecule has 3 aliphatic rings. The van der Waals surface area contributed by atoms with Crippen molar-refractivity contribution >= 4 is 120 Å². The van der Waals surface area contributed by atoms with E-state index in [1.165, 1.54) is 30.5 Å². The molecule has 0 unspecified atom stereocenters. The van der Waals surface area contributed by atoms with Gasteiger partial charge in [0.05, 0.1) is 86.6 Å². The summed E-state index contributed by atoms with van der Waals surface area (Å²) in [7, 11) is 13.6. The summed E-state index contributed by atoms with van der Waals surface area (Å²) in [4.78, 5) is 110. The Morgan fingerprint density at radius 1 is 0.434 bits per heavy atom. The zero-order valence-corrected chi connectivity index (χ0v) is 67.9. The van der Waals surface area contributed by atoms with E-state index >= 15 is 0 Å². The largest absolute Gasteiger partial charge is 0.497 e. The highest BCUT2D eigenvalue weighted by Crippen LogP contribution is 2.42. The molecule has 3 saturated heterocycles. The third kappa shape index (κ3) is 22.1. The van der Waals surface area contributed by atoms with Gasteiger partial charge in [-0.05, 0) is 198 Å². The number of furan rings is 1. The number of aromatic nitrogens is 3. The maximum Gasteiger partial charge on any atom is 0.345 e. The van der Waals surface area contributed by atoms with Gasteiger partial charge in [-0.3, -0.25) is 14.4 Å². The Hall–Kier alpha value is -10.3. The third-order valence-corrected chi connectivity index (χ3v) is 19.6. The molecule has 602 valence electrons. The molecular formula is C83H98Cl3FN12O14. The van der Waals surface area contributed by atoms with Crippen LogP contribution in [0.15, 0.2) is 126 Å². The van der Waals surface area contributed by atoms with Crippen molar-refractivity contribution in [2.24, 2.45) is 0 Å². The van der Waals surface area contributed by atoms with E-state index in [0.717, 1.165) is 49.7 Å². The zero-order chi connectivity index (χ0) is 80.8. The molecule has 26 nitrogen and oxygen atoms in total. The number of fused-ring (bicyclic) bond motifs is 3. The molecule has 3 fully saturated rings. The second kappa shape index (κ2) is 41.0. The van der Waals surface area contributed by atoms with E-state index in [4.69, 9.17) is 77.4 Å². The van der Waals surface area contributed by atoms with E-state index in [9.17, 15) is 33.2 Å². The normalized spacial score (nSPS) is 13.7. The Morgan fingerprint density at radius 3 is 1.04 bits per heavy atom. The van der Waals surface area contributed by atoms with Crippen molar-refractivity contribution in [3.8, 4) is 23.4 Å². The fourth-order valence-corrected chi connectivity index (χ4v) is 13.9. The van der Waals surface area contributed by atoms with Gasteiger partial charge in [0.2, 0.25) is 17.6 Å². The van der Waals surface area contributed by atoms with Crippen molar-refractivity contribution in [3.05, 3.63) is 176 Å². The number of carbonyl (C=O) groups excluding carboxylic acids is 6. The molecule has 0 spiro atoms. The van der Waals surface area contributed by atoms with E-state index in [0.29, 0.717) is 175 Å². The van der Waals surface area contributed by atoms with E-state index in [1.807, 2.05) is 70.3 Å². The number of hydrogen-bond donors (Lipinski definition) is 0. The van der Waals surface area contributed by atoms with Crippen molar-refractivity contribution in [2.75, 3.05) is 202 Å². The average molecular weight is 1610 g/mol. The molecule has 4 aromatic heterocycles. The molecule has 3 aliphatic heterocycles. The smallest absolute Gasteiger partial charge is 0.345 e. The van der Waals surface area contributed by atoms with Gasteiger partial charge in [-0.1, -0.05) is 34.8 Å². The summed E-state index contributed by atoms with van der Waals surface area (Å²) in [5.41, 5.74) is 5.79. The lowest BCUT2D eigenvalue weighted by molar-refractivity contribution is 0.0511. The minimum absolute atomic E-state index is 0.0459. The Labute approximate surface area is 672 Å². The number of anilines is 3. The van der Waals surface area contributed by atoms with Crippen LogP contribution in [-0.2, 0) is 14.2 Å². The fourth-order valence-electron chi connectivity index (χ4n) is 13.3. The molecule has 3 amide bonds. The highest BCUT2D eigenvalue weighted by atomic mass is 35.5. The lowest BCUT2D eigenvalue weighted by Gasteiger charge is -2.37. The number of esters is 3. The number of benzene rings is 5. The first-order valence-electron chi connectivity index (χ1n) is 37.8. The fraction of sp³-hybridized carbons (Fsp3) is 0.410. The number of halogens is 4. The van der Waals surface area contributed by atoms with E-state index in [1.54, 1.807) is 110 Å². The van der Waals surface area contributed by atoms with Gasteiger partial charge in [-0.15, -0.1) is 0 Å². The van der Waals surface area contributed by atoms with Crippen molar-refractivity contribution in [1.82, 2.24) is 44.4 Å². The highest BCUT2D eigenvalue weighted by Gasteiger charge is 2.35. The third-order valence-electron chi connectivity index (χ3n) is 18.9. The van der Waals surface area contributed by atoms with Crippen LogP contribution < -0.4 is 33.6 Å². The van der Waals surface area contributed by atoms with Gasteiger partial charge in [0.25, 0.3) is 17.7 Å². The summed E-state index contributed by atoms with van der Waals surface area (Å²) < 4.78 is 58.3. The zero-order valence-electron chi connectivity index (χ0n) is 65.6. The minimum atomic E-state index is -0.524. The maximum atomic E-state index is 13.3. The van der Waals surface area contributed by atoms with Crippen LogP contribution in [0.3, 0.4) is 0 Å². The number of nitrogens with zero attached hydrogens (tertiary/aromatic N) is 12. The van der Waals surface area contributed by atoms with Gasteiger partial charge >= 0.3 is 17.9 Å². The van der Waals surface area contributed by atoms with Crippen LogP contribution in [0.2, 0.25) is 15.1 Å². The van der Waals surface area contributed by atoms with Crippen molar-refractivity contribution < 1.29 is 70.7 Å². The number of hydrogen-bond acceptors (Lipinski definition) is 23. The Morgan fingerprint density at radius 2 is 0.752 bits per heavy atom. The van der Waals surface area contributed by atoms with Crippen LogP contribution in [0.5, 0.6) is 23.4 Å². The molecule has 7 heterocycles. The van der Waals surface area contributed by atoms with Crippen LogP contribution in [-0.4, -0.2) is 267 Å². The number of piperazine rings is 3. The van der Waals surface area contributed by atoms with Gasteiger partial charge in [-0.25, -0.2) is 33.7 Å². The van der Waals surface area contributed by atoms with E-state index in [-0.39, 0.29) is 77.7 Å². The molecular weight excluding hydrogens is 1510 g/mol. The van der Waals surface area contributed by atoms with Gasteiger partial charge in [0, 0.05) is 141 Å². The topological polar surface area (TPSA) is 248 Å². The van der Waals surface area contributed by atoms with Gasteiger partial charge in [0.15, 0.2) is 5.76 Å². The summed E-state index contributed by atoms with van der Waals surface area (Å²) >= 11 is 19.1. The first kappa shape index (κ1) is 85.1. The van der Waals surface area contributed by atoms with Crippen molar-refractivity contribution in [2.45, 2.75) is 40.0 Å². The van der Waals surface area contributed by atoms with Crippen LogP contribution in [0.4, 0.5) is 21.5 Å². The van der Waals surface area contributed by atoms with E-state index < -0.39 is 17.9 Å². The Kier molecular flexibility index (Phi) is 30.9. The van der Waals surface area contributed by atoms with Crippen LogP contribution in [0.25, 0.3) is 32.7 Å². The molecule has 113 heavy (non-hydrogen) atoms. The lowest BCUT2D eigenvalue weighted by atomic mass is 10.1. The summed E-state index contributed by atoms with van der Waals surface area (Å²) in [6, 6.07) is 32.1. The molecule has 12 rings (SSSR count). The predicted octanol–water partition coefficient (Wildman–Crippen LogP) is 12.8. The second-order valence-electron chi connectivity index (χ2n) is 27.6. The van der Waals surface area contributed by atoms with Crippen LogP contribution in [0.1, 0.15) is 102 Å². The molecule has 0 aliphatic carbocycles. The van der Waals surface area contributed by atoms with Crippen molar-refractivity contribution in [1.29, 1.82) is 0 Å². The predicted molar refractivity (Wildman–Crippen MR) is 437 cm³/mol. The summed E-state index contributed by atoms with van der Waals surface area (Å²) in [6.07, 6.45) is 3.80.